The predicted octanol–water partition coefficient (Wildman–Crippen LogP) is 2.92. The van der Waals surface area contributed by atoms with Crippen LogP contribution in [-0.4, -0.2) is 19.1 Å². The van der Waals surface area contributed by atoms with Gasteiger partial charge in [0.25, 0.3) is 0 Å². The van der Waals surface area contributed by atoms with Crippen LogP contribution in [0.15, 0.2) is 18.2 Å². The lowest BCUT2D eigenvalue weighted by molar-refractivity contribution is -0.138. The summed E-state index contributed by atoms with van der Waals surface area (Å²) in [5, 5.41) is 2.45. The maximum atomic E-state index is 12.9. The monoisotopic (exact) mass is 304 g/mol. The van der Waals surface area contributed by atoms with Crippen LogP contribution >= 0.6 is 0 Å². The molecule has 4 nitrogen and oxygen atoms in total. The maximum Gasteiger partial charge on any atom is 0.416 e. The molecule has 21 heavy (non-hydrogen) atoms. The Labute approximate surface area is 121 Å². The number of rotatable bonds is 7. The number of alkyl halides is 3. The molecular formula is C14H19F3N2O2. The SMILES string of the molecule is CCOCCCC(=O)Nc1ccc(CN)c(C(F)(F)F)c1. The van der Waals surface area contributed by atoms with E-state index >= 15 is 0 Å². The highest BCUT2D eigenvalue weighted by Gasteiger charge is 2.33. The molecule has 1 aromatic carbocycles. The van der Waals surface area contributed by atoms with Gasteiger partial charge in [-0.25, -0.2) is 0 Å². The van der Waals surface area contributed by atoms with Crippen LogP contribution in [0.25, 0.3) is 0 Å². The molecule has 0 aromatic heterocycles. The van der Waals surface area contributed by atoms with Gasteiger partial charge in [-0.2, -0.15) is 13.2 Å². The lowest BCUT2D eigenvalue weighted by Crippen LogP contribution is -2.15. The van der Waals surface area contributed by atoms with Crippen molar-refractivity contribution >= 4 is 11.6 Å². The van der Waals surface area contributed by atoms with Gasteiger partial charge in [-0.05, 0) is 31.0 Å². The van der Waals surface area contributed by atoms with E-state index < -0.39 is 11.7 Å². The molecule has 0 radical (unpaired) electrons. The number of benzene rings is 1. The molecule has 118 valence electrons. The normalized spacial score (nSPS) is 11.5. The number of hydrogen-bond acceptors (Lipinski definition) is 3. The molecule has 1 rings (SSSR count). The Bertz CT molecular complexity index is 476. The highest BCUT2D eigenvalue weighted by atomic mass is 19.4. The zero-order chi connectivity index (χ0) is 15.9. The number of carbonyl (C=O) groups excluding carboxylic acids is 1. The second kappa shape index (κ2) is 7.99. The molecule has 0 bridgehead atoms. The van der Waals surface area contributed by atoms with Gasteiger partial charge in [-0.15, -0.1) is 0 Å². The third-order valence-corrected chi connectivity index (χ3v) is 2.82. The Morgan fingerprint density at radius 3 is 2.67 bits per heavy atom. The summed E-state index contributed by atoms with van der Waals surface area (Å²) in [6.45, 7) is 2.65. The molecule has 7 heteroatoms. The first-order valence-electron chi connectivity index (χ1n) is 6.66. The first-order chi connectivity index (χ1) is 9.88. The van der Waals surface area contributed by atoms with Crippen molar-refractivity contribution in [1.29, 1.82) is 0 Å². The Hall–Kier alpha value is -1.60. The summed E-state index contributed by atoms with van der Waals surface area (Å²) in [4.78, 5) is 11.6. The number of hydrogen-bond donors (Lipinski definition) is 2. The second-order valence-corrected chi connectivity index (χ2v) is 4.42. The number of amides is 1. The van der Waals surface area contributed by atoms with E-state index in [9.17, 15) is 18.0 Å². The highest BCUT2D eigenvalue weighted by Crippen LogP contribution is 2.33. The number of nitrogens with one attached hydrogen (secondary N) is 1. The van der Waals surface area contributed by atoms with Crippen LogP contribution in [0.2, 0.25) is 0 Å². The smallest absolute Gasteiger partial charge is 0.382 e. The predicted molar refractivity (Wildman–Crippen MR) is 73.7 cm³/mol. The van der Waals surface area contributed by atoms with E-state index in [4.69, 9.17) is 10.5 Å². The van der Waals surface area contributed by atoms with Crippen molar-refractivity contribution in [2.75, 3.05) is 18.5 Å². The van der Waals surface area contributed by atoms with Crippen molar-refractivity contribution < 1.29 is 22.7 Å². The van der Waals surface area contributed by atoms with Crippen molar-refractivity contribution in [3.8, 4) is 0 Å². The Kier molecular flexibility index (Phi) is 6.64. The van der Waals surface area contributed by atoms with Gasteiger partial charge in [-0.3, -0.25) is 4.79 Å². The quantitative estimate of drug-likeness (QED) is 0.761. The summed E-state index contributed by atoms with van der Waals surface area (Å²) in [5.41, 5.74) is 4.58. The minimum atomic E-state index is -4.50. The van der Waals surface area contributed by atoms with Crippen LogP contribution in [0.3, 0.4) is 0 Å². The molecule has 0 aliphatic heterocycles. The van der Waals surface area contributed by atoms with Gasteiger partial charge >= 0.3 is 6.18 Å². The molecule has 1 aromatic rings. The zero-order valence-electron chi connectivity index (χ0n) is 11.8. The fraction of sp³-hybridized carbons (Fsp3) is 0.500. The average molecular weight is 304 g/mol. The molecule has 0 saturated carbocycles. The van der Waals surface area contributed by atoms with Crippen molar-refractivity contribution in [3.63, 3.8) is 0 Å². The van der Waals surface area contributed by atoms with Gasteiger partial charge < -0.3 is 15.8 Å². The summed E-state index contributed by atoms with van der Waals surface area (Å²) in [7, 11) is 0. The summed E-state index contributed by atoms with van der Waals surface area (Å²) < 4.78 is 43.7. The summed E-state index contributed by atoms with van der Waals surface area (Å²) in [6.07, 6.45) is -3.78. The van der Waals surface area contributed by atoms with E-state index in [0.29, 0.717) is 19.6 Å². The molecule has 0 atom stereocenters. The fourth-order valence-corrected chi connectivity index (χ4v) is 1.80. The fourth-order valence-electron chi connectivity index (χ4n) is 1.80. The van der Waals surface area contributed by atoms with Crippen LogP contribution < -0.4 is 11.1 Å². The van der Waals surface area contributed by atoms with Crippen molar-refractivity contribution in [3.05, 3.63) is 29.3 Å². The molecule has 0 fully saturated rings. The largest absolute Gasteiger partial charge is 0.416 e. The van der Waals surface area contributed by atoms with E-state index in [1.807, 2.05) is 6.92 Å². The molecule has 0 unspecified atom stereocenters. The third kappa shape index (κ3) is 5.73. The van der Waals surface area contributed by atoms with Gasteiger partial charge in [0, 0.05) is 31.9 Å². The van der Waals surface area contributed by atoms with Crippen LogP contribution in [0.1, 0.15) is 30.9 Å². The molecule has 0 aliphatic rings. The van der Waals surface area contributed by atoms with E-state index in [1.54, 1.807) is 0 Å². The molecule has 0 aliphatic carbocycles. The average Bonchev–Trinajstić information content (AvgIpc) is 2.42. The van der Waals surface area contributed by atoms with Crippen LogP contribution in [-0.2, 0) is 22.3 Å². The third-order valence-electron chi connectivity index (χ3n) is 2.82. The number of nitrogens with two attached hydrogens (primary N) is 1. The summed E-state index contributed by atoms with van der Waals surface area (Å²) in [5.74, 6) is -0.344. The van der Waals surface area contributed by atoms with E-state index in [2.05, 4.69) is 5.32 Å². The number of carbonyl (C=O) groups is 1. The standard InChI is InChI=1S/C14H19F3N2O2/c1-2-21-7-3-4-13(20)19-11-6-5-10(9-18)12(8-11)14(15,16)17/h5-6,8H,2-4,7,9,18H2,1H3,(H,19,20). The van der Waals surface area contributed by atoms with E-state index in [1.165, 1.54) is 12.1 Å². The van der Waals surface area contributed by atoms with Gasteiger partial charge in [0.1, 0.15) is 0 Å². The minimum Gasteiger partial charge on any atom is -0.382 e. The lowest BCUT2D eigenvalue weighted by Gasteiger charge is -2.14. The number of halogens is 3. The van der Waals surface area contributed by atoms with Crippen molar-refractivity contribution in [2.24, 2.45) is 5.73 Å². The number of ether oxygens (including phenoxy) is 1. The molecule has 0 saturated heterocycles. The Morgan fingerprint density at radius 2 is 2.10 bits per heavy atom. The Balaban J connectivity index is 2.70. The molecule has 1 amide bonds. The summed E-state index contributed by atoms with van der Waals surface area (Å²) in [6, 6.07) is 3.60. The Morgan fingerprint density at radius 1 is 1.38 bits per heavy atom. The van der Waals surface area contributed by atoms with Gasteiger partial charge in [-0.1, -0.05) is 6.07 Å². The van der Waals surface area contributed by atoms with E-state index in [0.717, 1.165) is 6.07 Å². The topological polar surface area (TPSA) is 64.3 Å². The lowest BCUT2D eigenvalue weighted by atomic mass is 10.1. The van der Waals surface area contributed by atoms with Crippen LogP contribution in [0.5, 0.6) is 0 Å². The van der Waals surface area contributed by atoms with Gasteiger partial charge in [0.05, 0.1) is 5.56 Å². The van der Waals surface area contributed by atoms with Gasteiger partial charge in [0.15, 0.2) is 0 Å². The first kappa shape index (κ1) is 17.5. The molecule has 0 spiro atoms. The zero-order valence-corrected chi connectivity index (χ0v) is 11.8. The van der Waals surface area contributed by atoms with E-state index in [-0.39, 0.29) is 30.1 Å². The second-order valence-electron chi connectivity index (χ2n) is 4.42. The molecule has 0 heterocycles. The molecular weight excluding hydrogens is 285 g/mol. The van der Waals surface area contributed by atoms with Crippen molar-refractivity contribution in [2.45, 2.75) is 32.5 Å². The maximum absolute atomic E-state index is 12.9. The first-order valence-corrected chi connectivity index (χ1v) is 6.66. The summed E-state index contributed by atoms with van der Waals surface area (Å²) >= 11 is 0. The number of anilines is 1. The van der Waals surface area contributed by atoms with Gasteiger partial charge in [0.2, 0.25) is 5.91 Å². The molecule has 3 N–H and O–H groups in total. The minimum absolute atomic E-state index is 0.00292. The highest BCUT2D eigenvalue weighted by molar-refractivity contribution is 5.90. The van der Waals surface area contributed by atoms with Crippen LogP contribution in [0.4, 0.5) is 18.9 Å². The van der Waals surface area contributed by atoms with Crippen LogP contribution in [0, 0.1) is 0 Å². The van der Waals surface area contributed by atoms with Crippen molar-refractivity contribution in [1.82, 2.24) is 0 Å².